The van der Waals surface area contributed by atoms with Crippen LogP contribution < -0.4 is 5.32 Å². The molecule has 0 atom stereocenters. The minimum Gasteiger partial charge on any atom is -0.316 e. The first-order valence-electron chi connectivity index (χ1n) is 5.11. The van der Waals surface area contributed by atoms with Crippen LogP contribution in [0.5, 0.6) is 0 Å². The van der Waals surface area contributed by atoms with Gasteiger partial charge >= 0.3 is 0 Å². The minimum atomic E-state index is 0.852. The van der Waals surface area contributed by atoms with Crippen LogP contribution in [0, 0.1) is 6.07 Å². The Morgan fingerprint density at radius 2 is 1.87 bits per heavy atom. The van der Waals surface area contributed by atoms with Gasteiger partial charge in [0.25, 0.3) is 0 Å². The Morgan fingerprint density at radius 3 is 2.60 bits per heavy atom. The molecule has 0 spiro atoms. The molecule has 0 unspecified atom stereocenters. The summed E-state index contributed by atoms with van der Waals surface area (Å²) in [5, 5.41) is 3.16. The maximum absolute atomic E-state index is 3.27. The lowest BCUT2D eigenvalue weighted by Gasteiger charge is -2.08. The summed E-state index contributed by atoms with van der Waals surface area (Å²) < 4.78 is 0. The smallest absolute Gasteiger partial charge is 0.0214 e. The average molecular weight is 196 g/mol. The Hall–Kier alpha value is -1.60. The van der Waals surface area contributed by atoms with Crippen molar-refractivity contribution in [3.63, 3.8) is 0 Å². The first-order chi connectivity index (χ1) is 7.42. The number of nitrogens with one attached hydrogen (secondary N) is 1. The van der Waals surface area contributed by atoms with Gasteiger partial charge in [0, 0.05) is 6.54 Å². The molecule has 0 amide bonds. The molecule has 1 heteroatoms. The Morgan fingerprint density at radius 1 is 1.07 bits per heavy atom. The van der Waals surface area contributed by atoms with E-state index < -0.39 is 0 Å². The summed E-state index contributed by atoms with van der Waals surface area (Å²) in [5.74, 6) is 0. The minimum absolute atomic E-state index is 0.852. The van der Waals surface area contributed by atoms with E-state index in [1.807, 2.05) is 25.2 Å². The Bertz CT molecular complexity index is 420. The van der Waals surface area contributed by atoms with Gasteiger partial charge in [-0.05, 0) is 29.8 Å². The molecule has 0 aliphatic carbocycles. The standard InChI is InChI=1S/C14H14N/c1-15-11-13-9-5-6-10-14(13)12-7-3-2-4-8-12/h2-8,10,15H,11H2,1H3. The first kappa shape index (κ1) is 9.94. The van der Waals surface area contributed by atoms with E-state index in [0.717, 1.165) is 6.54 Å². The first-order valence-corrected chi connectivity index (χ1v) is 5.11. The van der Waals surface area contributed by atoms with Gasteiger partial charge < -0.3 is 5.32 Å². The van der Waals surface area contributed by atoms with Crippen molar-refractivity contribution in [3.8, 4) is 11.1 Å². The van der Waals surface area contributed by atoms with E-state index in [1.165, 1.54) is 16.7 Å². The predicted octanol–water partition coefficient (Wildman–Crippen LogP) is 2.87. The van der Waals surface area contributed by atoms with Gasteiger partial charge in [-0.3, -0.25) is 0 Å². The van der Waals surface area contributed by atoms with E-state index in [4.69, 9.17) is 0 Å². The van der Waals surface area contributed by atoms with Gasteiger partial charge in [-0.15, -0.1) is 0 Å². The van der Waals surface area contributed by atoms with Gasteiger partial charge in [0.05, 0.1) is 0 Å². The van der Waals surface area contributed by atoms with Crippen LogP contribution in [-0.2, 0) is 6.54 Å². The summed E-state index contributed by atoms with van der Waals surface area (Å²) in [6.45, 7) is 0.852. The lowest BCUT2D eigenvalue weighted by Crippen LogP contribution is -2.06. The molecule has 0 bridgehead atoms. The highest BCUT2D eigenvalue weighted by atomic mass is 14.8. The summed E-state index contributed by atoms with van der Waals surface area (Å²) in [6.07, 6.45) is 0. The van der Waals surface area contributed by atoms with E-state index in [2.05, 4.69) is 41.7 Å². The van der Waals surface area contributed by atoms with Gasteiger partial charge in [-0.1, -0.05) is 48.5 Å². The highest BCUT2D eigenvalue weighted by Crippen LogP contribution is 2.22. The van der Waals surface area contributed by atoms with Crippen molar-refractivity contribution in [1.29, 1.82) is 0 Å². The molecule has 2 rings (SSSR count). The van der Waals surface area contributed by atoms with Crippen molar-refractivity contribution >= 4 is 0 Å². The topological polar surface area (TPSA) is 12.0 Å². The largest absolute Gasteiger partial charge is 0.316 e. The third-order valence-corrected chi connectivity index (χ3v) is 2.38. The summed E-state index contributed by atoms with van der Waals surface area (Å²) >= 11 is 0. The van der Waals surface area contributed by atoms with Crippen molar-refractivity contribution in [1.82, 2.24) is 5.32 Å². The van der Waals surface area contributed by atoms with Gasteiger partial charge in [-0.2, -0.15) is 0 Å². The van der Waals surface area contributed by atoms with Gasteiger partial charge in [0.15, 0.2) is 0 Å². The Labute approximate surface area is 90.8 Å². The van der Waals surface area contributed by atoms with Crippen LogP contribution in [0.1, 0.15) is 5.56 Å². The normalized spacial score (nSPS) is 10.2. The maximum atomic E-state index is 3.27. The molecule has 2 aromatic carbocycles. The predicted molar refractivity (Wildman–Crippen MR) is 63.5 cm³/mol. The lowest BCUT2D eigenvalue weighted by atomic mass is 10.00. The fraction of sp³-hybridized carbons (Fsp3) is 0.143. The maximum Gasteiger partial charge on any atom is 0.0214 e. The summed E-state index contributed by atoms with van der Waals surface area (Å²) in [5.41, 5.74) is 3.72. The molecule has 0 fully saturated rings. The van der Waals surface area contributed by atoms with Crippen molar-refractivity contribution in [2.24, 2.45) is 0 Å². The van der Waals surface area contributed by atoms with E-state index in [-0.39, 0.29) is 0 Å². The molecule has 2 aromatic rings. The molecule has 1 radical (unpaired) electrons. The zero-order valence-electron chi connectivity index (χ0n) is 8.83. The number of benzene rings is 2. The Balaban J connectivity index is 2.43. The highest BCUT2D eigenvalue weighted by molar-refractivity contribution is 5.66. The van der Waals surface area contributed by atoms with Gasteiger partial charge in [0.2, 0.25) is 0 Å². The van der Waals surface area contributed by atoms with Crippen molar-refractivity contribution in [2.45, 2.75) is 6.54 Å². The summed E-state index contributed by atoms with van der Waals surface area (Å²) in [7, 11) is 1.95. The van der Waals surface area contributed by atoms with E-state index >= 15 is 0 Å². The van der Waals surface area contributed by atoms with Crippen LogP contribution in [0.3, 0.4) is 0 Å². The molecule has 1 N–H and O–H groups in total. The van der Waals surface area contributed by atoms with Gasteiger partial charge in [0.1, 0.15) is 0 Å². The van der Waals surface area contributed by atoms with Gasteiger partial charge in [-0.25, -0.2) is 0 Å². The Kier molecular flexibility index (Phi) is 3.15. The van der Waals surface area contributed by atoms with Crippen LogP contribution in [0.25, 0.3) is 11.1 Å². The summed E-state index contributed by atoms with van der Waals surface area (Å²) in [4.78, 5) is 0. The molecule has 0 saturated heterocycles. The molecule has 75 valence electrons. The molecular formula is C14H14N. The quantitative estimate of drug-likeness (QED) is 0.796. The second-order valence-electron chi connectivity index (χ2n) is 3.46. The van der Waals surface area contributed by atoms with E-state index in [0.29, 0.717) is 0 Å². The summed E-state index contributed by atoms with van der Waals surface area (Å²) in [6, 6.07) is 19.8. The van der Waals surface area contributed by atoms with E-state index in [9.17, 15) is 0 Å². The average Bonchev–Trinajstić information content (AvgIpc) is 2.31. The second kappa shape index (κ2) is 4.76. The van der Waals surface area contributed by atoms with Crippen LogP contribution in [-0.4, -0.2) is 7.05 Å². The van der Waals surface area contributed by atoms with Crippen LogP contribution >= 0.6 is 0 Å². The second-order valence-corrected chi connectivity index (χ2v) is 3.46. The third kappa shape index (κ3) is 2.25. The van der Waals surface area contributed by atoms with Crippen molar-refractivity contribution in [2.75, 3.05) is 7.05 Å². The molecule has 0 saturated carbocycles. The monoisotopic (exact) mass is 196 g/mol. The molecule has 15 heavy (non-hydrogen) atoms. The molecule has 0 aliphatic rings. The molecule has 0 aliphatic heterocycles. The zero-order chi connectivity index (χ0) is 10.5. The van der Waals surface area contributed by atoms with Crippen LogP contribution in [0.15, 0.2) is 48.5 Å². The fourth-order valence-electron chi connectivity index (χ4n) is 1.68. The molecule has 0 aromatic heterocycles. The molecule has 1 nitrogen and oxygen atoms in total. The SMILES string of the molecule is CNCc1[c]cccc1-c1ccccc1. The van der Waals surface area contributed by atoms with E-state index in [1.54, 1.807) is 0 Å². The highest BCUT2D eigenvalue weighted by Gasteiger charge is 2.02. The van der Waals surface area contributed by atoms with Crippen molar-refractivity contribution in [3.05, 3.63) is 60.2 Å². The number of hydrogen-bond acceptors (Lipinski definition) is 1. The van der Waals surface area contributed by atoms with Crippen molar-refractivity contribution < 1.29 is 0 Å². The third-order valence-electron chi connectivity index (χ3n) is 2.38. The van der Waals surface area contributed by atoms with Crippen LogP contribution in [0.4, 0.5) is 0 Å². The number of hydrogen-bond donors (Lipinski definition) is 1. The zero-order valence-corrected chi connectivity index (χ0v) is 8.83. The molecular weight excluding hydrogens is 182 g/mol. The lowest BCUT2D eigenvalue weighted by molar-refractivity contribution is 0.818. The van der Waals surface area contributed by atoms with Crippen LogP contribution in [0.2, 0.25) is 0 Å². The number of rotatable bonds is 3. The molecule has 0 heterocycles. The fourth-order valence-corrected chi connectivity index (χ4v) is 1.68.